The first-order chi connectivity index (χ1) is 8.75. The summed E-state index contributed by atoms with van der Waals surface area (Å²) < 4.78 is 0. The monoisotopic (exact) mass is 241 g/mol. The highest BCUT2D eigenvalue weighted by atomic mass is 15.2. The number of fused-ring (bicyclic) bond motifs is 1. The Morgan fingerprint density at radius 3 is 3.06 bits per heavy atom. The minimum atomic E-state index is 0.234. The Morgan fingerprint density at radius 1 is 1.33 bits per heavy atom. The molecule has 0 saturated carbocycles. The third kappa shape index (κ3) is 2.00. The molecule has 1 aromatic heterocycles. The summed E-state index contributed by atoms with van der Waals surface area (Å²) in [6, 6.07) is 11.2. The van der Waals surface area contributed by atoms with E-state index in [1.807, 2.05) is 12.3 Å². The molecule has 0 radical (unpaired) electrons. The number of nitrogens with two attached hydrogens (primary N) is 1. The first kappa shape index (κ1) is 11.6. The molecule has 0 bridgehead atoms. The number of hydrogen-bond acceptors (Lipinski definition) is 3. The molecule has 0 aliphatic carbocycles. The average molecular weight is 241 g/mol. The van der Waals surface area contributed by atoms with Gasteiger partial charge in [-0.15, -0.1) is 0 Å². The molecule has 2 aromatic rings. The highest BCUT2D eigenvalue weighted by Gasteiger charge is 2.27. The second-order valence-corrected chi connectivity index (χ2v) is 5.19. The minimum absolute atomic E-state index is 0.234. The van der Waals surface area contributed by atoms with Crippen molar-refractivity contribution in [3.05, 3.63) is 42.1 Å². The molecule has 3 nitrogen and oxygen atoms in total. The van der Waals surface area contributed by atoms with Crippen LogP contribution in [0.3, 0.4) is 0 Å². The highest BCUT2D eigenvalue weighted by Crippen LogP contribution is 2.30. The van der Waals surface area contributed by atoms with Gasteiger partial charge in [0, 0.05) is 23.7 Å². The van der Waals surface area contributed by atoms with E-state index in [2.05, 4.69) is 41.2 Å². The van der Waals surface area contributed by atoms with Gasteiger partial charge >= 0.3 is 0 Å². The standard InChI is InChI=1S/C15H19N3/c1-18-9-3-5-13(16)15(18)12-6-7-14-11(10-12)4-2-8-17-14/h2,4,6-8,10,13,15H,3,5,9,16H2,1H3. The van der Waals surface area contributed by atoms with Crippen molar-refractivity contribution in [1.82, 2.24) is 9.88 Å². The molecule has 1 aliphatic rings. The fourth-order valence-corrected chi connectivity index (χ4v) is 2.98. The van der Waals surface area contributed by atoms with E-state index in [1.54, 1.807) is 0 Å². The van der Waals surface area contributed by atoms with Crippen LogP contribution >= 0.6 is 0 Å². The quantitative estimate of drug-likeness (QED) is 0.833. The van der Waals surface area contributed by atoms with Crippen molar-refractivity contribution < 1.29 is 0 Å². The third-order valence-corrected chi connectivity index (χ3v) is 3.90. The summed E-state index contributed by atoms with van der Waals surface area (Å²) in [5.41, 5.74) is 8.65. The molecule has 2 N–H and O–H groups in total. The lowest BCUT2D eigenvalue weighted by atomic mass is 9.91. The van der Waals surface area contributed by atoms with Gasteiger partial charge in [0.15, 0.2) is 0 Å². The van der Waals surface area contributed by atoms with Crippen LogP contribution in [0.2, 0.25) is 0 Å². The van der Waals surface area contributed by atoms with Crippen LogP contribution < -0.4 is 5.73 Å². The normalized spacial score (nSPS) is 25.4. The number of likely N-dealkylation sites (N-methyl/N-ethyl adjacent to an activating group) is 1. The van der Waals surface area contributed by atoms with E-state index in [-0.39, 0.29) is 6.04 Å². The smallest absolute Gasteiger partial charge is 0.0702 e. The van der Waals surface area contributed by atoms with Crippen molar-refractivity contribution >= 4 is 10.9 Å². The van der Waals surface area contributed by atoms with Crippen molar-refractivity contribution in [3.8, 4) is 0 Å². The molecular formula is C15H19N3. The predicted octanol–water partition coefficient (Wildman–Crippen LogP) is 2.33. The molecule has 2 atom stereocenters. The van der Waals surface area contributed by atoms with Gasteiger partial charge in [-0.25, -0.2) is 0 Å². The zero-order valence-electron chi connectivity index (χ0n) is 10.7. The van der Waals surface area contributed by atoms with Crippen LogP contribution in [0.15, 0.2) is 36.5 Å². The van der Waals surface area contributed by atoms with E-state index >= 15 is 0 Å². The lowest BCUT2D eigenvalue weighted by molar-refractivity contribution is 0.163. The number of likely N-dealkylation sites (tertiary alicyclic amines) is 1. The van der Waals surface area contributed by atoms with Gasteiger partial charge in [-0.05, 0) is 50.2 Å². The number of aromatic nitrogens is 1. The van der Waals surface area contributed by atoms with Gasteiger partial charge in [0.1, 0.15) is 0 Å². The Labute approximate surface area is 108 Å². The van der Waals surface area contributed by atoms with Crippen LogP contribution in [0.1, 0.15) is 24.4 Å². The average Bonchev–Trinajstić information content (AvgIpc) is 2.38. The largest absolute Gasteiger partial charge is 0.326 e. The molecule has 0 spiro atoms. The Kier molecular flexibility index (Phi) is 3.02. The number of hydrogen-bond donors (Lipinski definition) is 1. The second-order valence-electron chi connectivity index (χ2n) is 5.19. The summed E-state index contributed by atoms with van der Waals surface area (Å²) in [5, 5.41) is 1.20. The molecule has 0 amide bonds. The fraction of sp³-hybridized carbons (Fsp3) is 0.400. The van der Waals surface area contributed by atoms with E-state index in [9.17, 15) is 0 Å². The van der Waals surface area contributed by atoms with Gasteiger partial charge in [-0.1, -0.05) is 12.1 Å². The van der Waals surface area contributed by atoms with Crippen molar-refractivity contribution in [2.24, 2.45) is 5.73 Å². The molecule has 1 saturated heterocycles. The molecule has 2 heterocycles. The van der Waals surface area contributed by atoms with Crippen LogP contribution in [0.4, 0.5) is 0 Å². The molecule has 3 heteroatoms. The Morgan fingerprint density at radius 2 is 2.22 bits per heavy atom. The van der Waals surface area contributed by atoms with E-state index in [1.165, 1.54) is 17.4 Å². The van der Waals surface area contributed by atoms with E-state index in [0.29, 0.717) is 6.04 Å². The summed E-state index contributed by atoms with van der Waals surface area (Å²) in [4.78, 5) is 6.73. The number of rotatable bonds is 1. The first-order valence-corrected chi connectivity index (χ1v) is 6.56. The van der Waals surface area contributed by atoms with Gasteiger partial charge < -0.3 is 5.73 Å². The number of benzene rings is 1. The number of pyridine rings is 1. The maximum Gasteiger partial charge on any atom is 0.0702 e. The molecule has 18 heavy (non-hydrogen) atoms. The zero-order valence-corrected chi connectivity index (χ0v) is 10.7. The van der Waals surface area contributed by atoms with Gasteiger partial charge in [-0.3, -0.25) is 9.88 Å². The number of piperidine rings is 1. The van der Waals surface area contributed by atoms with Crippen molar-refractivity contribution in [1.29, 1.82) is 0 Å². The molecule has 1 fully saturated rings. The van der Waals surface area contributed by atoms with Crippen LogP contribution in [0.5, 0.6) is 0 Å². The first-order valence-electron chi connectivity index (χ1n) is 6.56. The third-order valence-electron chi connectivity index (χ3n) is 3.90. The maximum absolute atomic E-state index is 6.29. The number of nitrogens with zero attached hydrogens (tertiary/aromatic N) is 2. The van der Waals surface area contributed by atoms with Gasteiger partial charge in [0.05, 0.1) is 5.52 Å². The van der Waals surface area contributed by atoms with Crippen molar-refractivity contribution in [3.63, 3.8) is 0 Å². The zero-order chi connectivity index (χ0) is 12.5. The Balaban J connectivity index is 2.02. The summed E-state index contributed by atoms with van der Waals surface area (Å²) in [6.45, 7) is 1.13. The van der Waals surface area contributed by atoms with Gasteiger partial charge in [0.25, 0.3) is 0 Å². The van der Waals surface area contributed by atoms with Crippen molar-refractivity contribution in [2.45, 2.75) is 24.9 Å². The van der Waals surface area contributed by atoms with Crippen molar-refractivity contribution in [2.75, 3.05) is 13.6 Å². The lowest BCUT2D eigenvalue weighted by Gasteiger charge is -2.37. The fourth-order valence-electron chi connectivity index (χ4n) is 2.98. The van der Waals surface area contributed by atoms with E-state index in [0.717, 1.165) is 18.5 Å². The highest BCUT2D eigenvalue weighted by molar-refractivity contribution is 5.79. The Hall–Kier alpha value is -1.45. The SMILES string of the molecule is CN1CCCC(N)C1c1ccc2ncccc2c1. The van der Waals surface area contributed by atoms with Crippen LogP contribution in [-0.4, -0.2) is 29.5 Å². The van der Waals surface area contributed by atoms with Crippen LogP contribution in [0, 0.1) is 0 Å². The predicted molar refractivity (Wildman–Crippen MR) is 74.3 cm³/mol. The molecule has 1 aromatic carbocycles. The van der Waals surface area contributed by atoms with Gasteiger partial charge in [0.2, 0.25) is 0 Å². The topological polar surface area (TPSA) is 42.1 Å². The molecule has 1 aliphatic heterocycles. The lowest BCUT2D eigenvalue weighted by Crippen LogP contribution is -2.43. The van der Waals surface area contributed by atoms with Gasteiger partial charge in [-0.2, -0.15) is 0 Å². The molecule has 3 rings (SSSR count). The minimum Gasteiger partial charge on any atom is -0.326 e. The maximum atomic E-state index is 6.29. The summed E-state index contributed by atoms with van der Waals surface area (Å²) in [5.74, 6) is 0. The summed E-state index contributed by atoms with van der Waals surface area (Å²) >= 11 is 0. The summed E-state index contributed by atoms with van der Waals surface area (Å²) in [6.07, 6.45) is 4.14. The van der Waals surface area contributed by atoms with Crippen LogP contribution in [-0.2, 0) is 0 Å². The Bertz CT molecular complexity index is 542. The molecule has 94 valence electrons. The van der Waals surface area contributed by atoms with E-state index < -0.39 is 0 Å². The molecule has 2 unspecified atom stereocenters. The van der Waals surface area contributed by atoms with E-state index in [4.69, 9.17) is 5.73 Å². The second kappa shape index (κ2) is 4.67. The molecular weight excluding hydrogens is 222 g/mol. The van der Waals surface area contributed by atoms with Crippen LogP contribution in [0.25, 0.3) is 10.9 Å². The summed E-state index contributed by atoms with van der Waals surface area (Å²) in [7, 11) is 2.16.